The molecule has 2 aromatic rings. The van der Waals surface area contributed by atoms with E-state index in [4.69, 9.17) is 0 Å². The average Bonchev–Trinajstić information content (AvgIpc) is 3.17. The number of aromatic nitrogens is 3. The maximum absolute atomic E-state index is 12.3. The van der Waals surface area contributed by atoms with Gasteiger partial charge < -0.3 is 9.47 Å². The van der Waals surface area contributed by atoms with Gasteiger partial charge in [-0.1, -0.05) is 17.8 Å². The first-order chi connectivity index (χ1) is 10.7. The number of hydrogen-bond acceptors (Lipinski definition) is 5. The van der Waals surface area contributed by atoms with Gasteiger partial charge in [-0.3, -0.25) is 4.79 Å². The van der Waals surface area contributed by atoms with Crippen LogP contribution < -0.4 is 0 Å². The van der Waals surface area contributed by atoms with Crippen LogP contribution >= 0.6 is 23.1 Å². The maximum Gasteiger partial charge on any atom is 0.235 e. The Bertz CT molecular complexity index is 578. The number of thioether (sulfide) groups is 1. The number of rotatable bonds is 8. The Kier molecular flexibility index (Phi) is 6.45. The highest BCUT2D eigenvalue weighted by molar-refractivity contribution is 8.00. The maximum atomic E-state index is 12.3. The first-order valence-electron chi connectivity index (χ1n) is 7.51. The summed E-state index contributed by atoms with van der Waals surface area (Å²) in [5.74, 6) is 0.155. The Hall–Kier alpha value is -1.34. The Morgan fingerprint density at radius 3 is 2.86 bits per heavy atom. The highest BCUT2D eigenvalue weighted by Gasteiger charge is 2.21. The number of nitrogens with zero attached hydrogens (tertiary/aromatic N) is 4. The fourth-order valence-corrected chi connectivity index (χ4v) is 3.81. The van der Waals surface area contributed by atoms with Gasteiger partial charge >= 0.3 is 0 Å². The molecule has 0 spiro atoms. The summed E-state index contributed by atoms with van der Waals surface area (Å²) in [6.07, 6.45) is 2.70. The summed E-state index contributed by atoms with van der Waals surface area (Å²) in [5.41, 5.74) is 0. The third kappa shape index (κ3) is 4.33. The predicted octanol–water partition coefficient (Wildman–Crippen LogP) is 2.93. The third-order valence-corrected chi connectivity index (χ3v) is 5.48. The van der Waals surface area contributed by atoms with Gasteiger partial charge in [-0.25, -0.2) is 0 Å². The third-order valence-electron chi connectivity index (χ3n) is 3.46. The van der Waals surface area contributed by atoms with Crippen LogP contribution in [0, 0.1) is 0 Å². The van der Waals surface area contributed by atoms with Gasteiger partial charge in [0.15, 0.2) is 5.16 Å². The molecule has 22 heavy (non-hydrogen) atoms. The molecule has 2 rings (SSSR count). The number of carbonyl (C=O) groups excluding carboxylic acids is 1. The lowest BCUT2D eigenvalue weighted by Crippen LogP contribution is -2.36. The molecule has 0 radical (unpaired) electrons. The van der Waals surface area contributed by atoms with E-state index < -0.39 is 0 Å². The molecular formula is C15H22N4OS2. The van der Waals surface area contributed by atoms with E-state index in [0.29, 0.717) is 0 Å². The minimum Gasteiger partial charge on any atom is -0.342 e. The Morgan fingerprint density at radius 1 is 1.45 bits per heavy atom. The number of amides is 1. The molecule has 0 aliphatic heterocycles. The smallest absolute Gasteiger partial charge is 0.235 e. The highest BCUT2D eigenvalue weighted by atomic mass is 32.2. The number of thiophene rings is 1. The van der Waals surface area contributed by atoms with Crippen molar-refractivity contribution in [2.24, 2.45) is 0 Å². The highest BCUT2D eigenvalue weighted by Crippen LogP contribution is 2.23. The molecule has 1 unspecified atom stereocenters. The number of aryl methyl sites for hydroxylation is 2. The summed E-state index contributed by atoms with van der Waals surface area (Å²) in [6.45, 7) is 8.26. The van der Waals surface area contributed by atoms with Crippen molar-refractivity contribution >= 4 is 29.0 Å². The summed E-state index contributed by atoms with van der Waals surface area (Å²) < 4.78 is 2.02. The molecule has 1 amide bonds. The second-order valence-electron chi connectivity index (χ2n) is 4.91. The molecule has 0 fully saturated rings. The zero-order valence-electron chi connectivity index (χ0n) is 13.2. The molecule has 1 atom stereocenters. The van der Waals surface area contributed by atoms with Crippen LogP contribution in [0.3, 0.4) is 0 Å². The minimum absolute atomic E-state index is 0.149. The fourth-order valence-electron chi connectivity index (χ4n) is 2.18. The Morgan fingerprint density at radius 2 is 2.23 bits per heavy atom. The summed E-state index contributed by atoms with van der Waals surface area (Å²) in [6, 6.07) is 4.20. The molecule has 120 valence electrons. The van der Waals surface area contributed by atoms with E-state index in [0.717, 1.165) is 31.2 Å². The molecule has 0 saturated heterocycles. The van der Waals surface area contributed by atoms with E-state index in [-0.39, 0.29) is 11.2 Å². The van der Waals surface area contributed by atoms with Crippen molar-refractivity contribution in [3.05, 3.63) is 28.7 Å². The second-order valence-corrected chi connectivity index (χ2v) is 7.25. The van der Waals surface area contributed by atoms with Gasteiger partial charge in [0.2, 0.25) is 5.91 Å². The van der Waals surface area contributed by atoms with E-state index in [1.807, 2.05) is 30.2 Å². The first-order valence-corrected chi connectivity index (χ1v) is 9.27. The number of carbonyl (C=O) groups is 1. The summed E-state index contributed by atoms with van der Waals surface area (Å²) in [7, 11) is 0. The zero-order valence-corrected chi connectivity index (χ0v) is 14.9. The van der Waals surface area contributed by atoms with Crippen molar-refractivity contribution in [3.8, 4) is 0 Å². The van der Waals surface area contributed by atoms with E-state index in [2.05, 4.69) is 27.7 Å². The van der Waals surface area contributed by atoms with E-state index in [1.165, 1.54) is 16.6 Å². The predicted molar refractivity (Wildman–Crippen MR) is 91.3 cm³/mol. The van der Waals surface area contributed by atoms with E-state index in [9.17, 15) is 4.79 Å². The lowest BCUT2D eigenvalue weighted by molar-refractivity contribution is -0.129. The van der Waals surface area contributed by atoms with Crippen LogP contribution in [0.5, 0.6) is 0 Å². The normalized spacial score (nSPS) is 12.3. The van der Waals surface area contributed by atoms with Gasteiger partial charge in [0.25, 0.3) is 0 Å². The summed E-state index contributed by atoms with van der Waals surface area (Å²) >= 11 is 3.24. The SMILES string of the molecule is CCN(CC)C(=O)C(C)Sc1nncn1CCc1cccs1. The largest absolute Gasteiger partial charge is 0.342 e. The molecule has 0 aliphatic carbocycles. The Labute approximate surface area is 139 Å². The molecule has 2 aromatic heterocycles. The van der Waals surface area contributed by atoms with E-state index in [1.54, 1.807) is 17.7 Å². The van der Waals surface area contributed by atoms with Crippen LogP contribution in [0.2, 0.25) is 0 Å². The lowest BCUT2D eigenvalue weighted by Gasteiger charge is -2.22. The van der Waals surface area contributed by atoms with Gasteiger partial charge in [-0.05, 0) is 38.6 Å². The van der Waals surface area contributed by atoms with Crippen molar-refractivity contribution in [1.82, 2.24) is 19.7 Å². The van der Waals surface area contributed by atoms with Gasteiger partial charge in [0.05, 0.1) is 5.25 Å². The molecule has 7 heteroatoms. The first kappa shape index (κ1) is 17.0. The van der Waals surface area contributed by atoms with Gasteiger partial charge in [0, 0.05) is 24.5 Å². The van der Waals surface area contributed by atoms with Crippen LogP contribution in [0.4, 0.5) is 0 Å². The van der Waals surface area contributed by atoms with Crippen LogP contribution in [-0.4, -0.2) is 43.9 Å². The van der Waals surface area contributed by atoms with Crippen molar-refractivity contribution < 1.29 is 4.79 Å². The topological polar surface area (TPSA) is 51.0 Å². The standard InChI is InChI=1S/C15H22N4OS2/c1-4-18(5-2)14(20)12(3)22-15-17-16-11-19(15)9-8-13-7-6-10-21-13/h6-7,10-12H,4-5,8-9H2,1-3H3. The van der Waals surface area contributed by atoms with Crippen LogP contribution in [0.25, 0.3) is 0 Å². The quantitative estimate of drug-likeness (QED) is 0.695. The summed E-state index contributed by atoms with van der Waals surface area (Å²) in [4.78, 5) is 15.5. The van der Waals surface area contributed by atoms with Crippen molar-refractivity contribution in [1.29, 1.82) is 0 Å². The molecule has 0 aromatic carbocycles. The van der Waals surface area contributed by atoms with Gasteiger partial charge in [-0.2, -0.15) is 0 Å². The molecule has 0 aliphatic rings. The van der Waals surface area contributed by atoms with Crippen molar-refractivity contribution in [3.63, 3.8) is 0 Å². The number of hydrogen-bond donors (Lipinski definition) is 0. The molecule has 2 heterocycles. The zero-order chi connectivity index (χ0) is 15.9. The molecule has 0 saturated carbocycles. The van der Waals surface area contributed by atoms with Gasteiger partial charge in [-0.15, -0.1) is 21.5 Å². The van der Waals surface area contributed by atoms with Crippen molar-refractivity contribution in [2.45, 2.75) is 44.1 Å². The van der Waals surface area contributed by atoms with E-state index >= 15 is 0 Å². The molecule has 0 bridgehead atoms. The van der Waals surface area contributed by atoms with Gasteiger partial charge in [0.1, 0.15) is 6.33 Å². The minimum atomic E-state index is -0.149. The van der Waals surface area contributed by atoms with Crippen molar-refractivity contribution in [2.75, 3.05) is 13.1 Å². The fraction of sp³-hybridized carbons (Fsp3) is 0.533. The van der Waals surface area contributed by atoms with Crippen LogP contribution in [-0.2, 0) is 17.8 Å². The monoisotopic (exact) mass is 338 g/mol. The molecule has 0 N–H and O–H groups in total. The Balaban J connectivity index is 1.95. The average molecular weight is 339 g/mol. The molecule has 5 nitrogen and oxygen atoms in total. The summed E-state index contributed by atoms with van der Waals surface area (Å²) in [5, 5.41) is 10.9. The molecular weight excluding hydrogens is 316 g/mol. The lowest BCUT2D eigenvalue weighted by atomic mass is 10.3. The van der Waals surface area contributed by atoms with Crippen LogP contribution in [0.1, 0.15) is 25.6 Å². The second kappa shape index (κ2) is 8.33. The van der Waals surface area contributed by atoms with Crippen LogP contribution in [0.15, 0.2) is 29.0 Å².